The molecule has 4 rings (SSSR count). The number of H-pyrrole nitrogens is 1. The van der Waals surface area contributed by atoms with Gasteiger partial charge in [-0.05, 0) is 43.5 Å². The van der Waals surface area contributed by atoms with E-state index in [4.69, 9.17) is 0 Å². The second-order valence-corrected chi connectivity index (χ2v) is 8.21. The zero-order valence-corrected chi connectivity index (χ0v) is 15.0. The highest BCUT2D eigenvalue weighted by atomic mass is 32.2. The van der Waals surface area contributed by atoms with Crippen LogP contribution in [0.4, 0.5) is 23.3 Å². The number of hydrogen-bond donors (Lipinski definition) is 3. The van der Waals surface area contributed by atoms with E-state index in [0.717, 1.165) is 25.1 Å². The van der Waals surface area contributed by atoms with Gasteiger partial charge in [-0.25, -0.2) is 13.4 Å². The van der Waals surface area contributed by atoms with Crippen molar-refractivity contribution in [2.45, 2.75) is 24.2 Å². The van der Waals surface area contributed by atoms with E-state index in [1.54, 1.807) is 36.5 Å². The van der Waals surface area contributed by atoms with Crippen LogP contribution in [0.1, 0.15) is 17.7 Å². The molecule has 0 amide bonds. The van der Waals surface area contributed by atoms with Gasteiger partial charge in [0.2, 0.25) is 5.95 Å². The lowest BCUT2D eigenvalue weighted by atomic mass is 10.2. The second kappa shape index (κ2) is 6.41. The molecule has 0 aliphatic heterocycles. The summed E-state index contributed by atoms with van der Waals surface area (Å²) in [6, 6.07) is 8.30. The highest BCUT2D eigenvalue weighted by Crippen LogP contribution is 2.28. The average Bonchev–Trinajstić information content (AvgIpc) is 3.20. The van der Waals surface area contributed by atoms with Gasteiger partial charge in [0.1, 0.15) is 5.82 Å². The van der Waals surface area contributed by atoms with Crippen LogP contribution < -0.4 is 10.6 Å². The van der Waals surface area contributed by atoms with Crippen molar-refractivity contribution in [1.29, 1.82) is 0 Å². The van der Waals surface area contributed by atoms with Crippen LogP contribution in [0.3, 0.4) is 0 Å². The fourth-order valence-corrected chi connectivity index (χ4v) is 3.63. The van der Waals surface area contributed by atoms with Gasteiger partial charge in [-0.15, -0.1) is 0 Å². The summed E-state index contributed by atoms with van der Waals surface area (Å²) < 4.78 is 23.4. The molecule has 0 saturated carbocycles. The molecule has 0 bridgehead atoms. The molecule has 8 nitrogen and oxygen atoms in total. The Morgan fingerprint density at radius 2 is 2.04 bits per heavy atom. The smallest absolute Gasteiger partial charge is 0.229 e. The van der Waals surface area contributed by atoms with Gasteiger partial charge in [0.25, 0.3) is 0 Å². The SMILES string of the molecule is CS(=O)(=O)c1cccc(Nc2nccc(Nc3n[nH]c4c3CCC4)n2)c1. The van der Waals surface area contributed by atoms with Gasteiger partial charge in [0, 0.05) is 29.4 Å². The van der Waals surface area contributed by atoms with Crippen molar-refractivity contribution in [1.82, 2.24) is 20.2 Å². The van der Waals surface area contributed by atoms with Crippen LogP contribution in [0.5, 0.6) is 0 Å². The predicted molar refractivity (Wildman–Crippen MR) is 98.8 cm³/mol. The number of hydrogen-bond acceptors (Lipinski definition) is 7. The minimum absolute atomic E-state index is 0.240. The second-order valence-electron chi connectivity index (χ2n) is 6.20. The molecule has 2 aromatic heterocycles. The molecule has 0 spiro atoms. The monoisotopic (exact) mass is 370 g/mol. The molecular formula is C17H18N6O2S. The van der Waals surface area contributed by atoms with E-state index in [-0.39, 0.29) is 4.90 Å². The first-order valence-electron chi connectivity index (χ1n) is 8.22. The van der Waals surface area contributed by atoms with Crippen LogP contribution in [0.15, 0.2) is 41.4 Å². The van der Waals surface area contributed by atoms with Crippen molar-refractivity contribution in [3.63, 3.8) is 0 Å². The standard InChI is InChI=1S/C17H18N6O2S/c1-26(24,25)12-5-2-4-11(10-12)19-17-18-9-8-15(21-17)20-16-13-6-3-7-14(13)22-23-16/h2,4-5,8-10H,3,6-7H2,1H3,(H3,18,19,20,21,22,23). The highest BCUT2D eigenvalue weighted by Gasteiger charge is 2.18. The normalized spacial score (nSPS) is 13.4. The summed E-state index contributed by atoms with van der Waals surface area (Å²) in [5.41, 5.74) is 2.99. The van der Waals surface area contributed by atoms with Crippen molar-refractivity contribution in [2.24, 2.45) is 0 Å². The van der Waals surface area contributed by atoms with E-state index in [9.17, 15) is 8.42 Å². The van der Waals surface area contributed by atoms with Crippen LogP contribution in [-0.2, 0) is 22.7 Å². The fourth-order valence-electron chi connectivity index (χ4n) is 2.97. The maximum absolute atomic E-state index is 11.7. The molecular weight excluding hydrogens is 352 g/mol. The molecule has 2 heterocycles. The van der Waals surface area contributed by atoms with Gasteiger partial charge in [0.05, 0.1) is 4.90 Å². The lowest BCUT2D eigenvalue weighted by Crippen LogP contribution is -2.02. The number of nitrogens with zero attached hydrogens (tertiary/aromatic N) is 3. The largest absolute Gasteiger partial charge is 0.324 e. The highest BCUT2D eigenvalue weighted by molar-refractivity contribution is 7.90. The first-order chi connectivity index (χ1) is 12.5. The minimum atomic E-state index is -3.27. The topological polar surface area (TPSA) is 113 Å². The van der Waals surface area contributed by atoms with E-state index in [2.05, 4.69) is 30.8 Å². The summed E-state index contributed by atoms with van der Waals surface area (Å²) in [5.74, 6) is 1.78. The van der Waals surface area contributed by atoms with Crippen LogP contribution in [0.2, 0.25) is 0 Å². The van der Waals surface area contributed by atoms with Crippen LogP contribution in [0, 0.1) is 0 Å². The molecule has 0 radical (unpaired) electrons. The summed E-state index contributed by atoms with van der Waals surface area (Å²) >= 11 is 0. The first kappa shape index (κ1) is 16.5. The Morgan fingerprint density at radius 1 is 1.15 bits per heavy atom. The Hall–Kier alpha value is -2.94. The molecule has 3 N–H and O–H groups in total. The zero-order chi connectivity index (χ0) is 18.1. The molecule has 3 aromatic rings. The van der Waals surface area contributed by atoms with Crippen LogP contribution >= 0.6 is 0 Å². The number of benzene rings is 1. The van der Waals surface area contributed by atoms with E-state index in [1.165, 1.54) is 17.5 Å². The Labute approximate surface area is 151 Å². The maximum atomic E-state index is 11.7. The van der Waals surface area contributed by atoms with E-state index < -0.39 is 9.84 Å². The summed E-state index contributed by atoms with van der Waals surface area (Å²) in [5, 5.41) is 13.6. The van der Waals surface area contributed by atoms with Crippen molar-refractivity contribution in [3.8, 4) is 0 Å². The molecule has 134 valence electrons. The minimum Gasteiger partial charge on any atom is -0.324 e. The third-order valence-electron chi connectivity index (χ3n) is 4.23. The Morgan fingerprint density at radius 3 is 2.88 bits per heavy atom. The third kappa shape index (κ3) is 3.38. The van der Waals surface area contributed by atoms with Gasteiger partial charge >= 0.3 is 0 Å². The maximum Gasteiger partial charge on any atom is 0.229 e. The quantitative estimate of drug-likeness (QED) is 0.632. The summed E-state index contributed by atoms with van der Waals surface area (Å²) in [7, 11) is -3.27. The molecule has 26 heavy (non-hydrogen) atoms. The van der Waals surface area contributed by atoms with E-state index in [0.29, 0.717) is 17.5 Å². The molecule has 1 aromatic carbocycles. The number of aryl methyl sites for hydroxylation is 1. The Kier molecular flexibility index (Phi) is 4.08. The number of fused-ring (bicyclic) bond motifs is 1. The van der Waals surface area contributed by atoms with Gasteiger partial charge in [-0.3, -0.25) is 5.10 Å². The lowest BCUT2D eigenvalue weighted by molar-refractivity contribution is 0.602. The number of nitrogens with one attached hydrogen (secondary N) is 3. The molecule has 0 fully saturated rings. The van der Waals surface area contributed by atoms with Gasteiger partial charge in [-0.2, -0.15) is 10.1 Å². The number of aromatic amines is 1. The van der Waals surface area contributed by atoms with Gasteiger partial charge in [-0.1, -0.05) is 6.07 Å². The molecule has 0 saturated heterocycles. The average molecular weight is 370 g/mol. The summed E-state index contributed by atoms with van der Waals surface area (Å²) in [4.78, 5) is 8.85. The molecule has 1 aliphatic rings. The summed E-state index contributed by atoms with van der Waals surface area (Å²) in [6.07, 6.45) is 5.96. The van der Waals surface area contributed by atoms with Crippen LogP contribution in [-0.4, -0.2) is 34.8 Å². The number of anilines is 4. The molecule has 1 aliphatic carbocycles. The van der Waals surface area contributed by atoms with E-state index >= 15 is 0 Å². The zero-order valence-electron chi connectivity index (χ0n) is 14.2. The third-order valence-corrected chi connectivity index (χ3v) is 5.34. The van der Waals surface area contributed by atoms with Gasteiger partial charge < -0.3 is 10.6 Å². The number of aromatic nitrogens is 4. The first-order valence-corrected chi connectivity index (χ1v) is 10.1. The Bertz CT molecular complexity index is 1060. The molecule has 0 unspecified atom stereocenters. The summed E-state index contributed by atoms with van der Waals surface area (Å²) in [6.45, 7) is 0. The van der Waals surface area contributed by atoms with Crippen molar-refractivity contribution >= 4 is 33.1 Å². The Balaban J connectivity index is 1.55. The van der Waals surface area contributed by atoms with Gasteiger partial charge in [0.15, 0.2) is 15.7 Å². The van der Waals surface area contributed by atoms with Crippen molar-refractivity contribution < 1.29 is 8.42 Å². The van der Waals surface area contributed by atoms with E-state index in [1.807, 2.05) is 0 Å². The fraction of sp³-hybridized carbons (Fsp3) is 0.235. The van der Waals surface area contributed by atoms with Crippen molar-refractivity contribution in [2.75, 3.05) is 16.9 Å². The van der Waals surface area contributed by atoms with Crippen LogP contribution in [0.25, 0.3) is 0 Å². The van der Waals surface area contributed by atoms with Crippen molar-refractivity contribution in [3.05, 3.63) is 47.8 Å². The molecule has 9 heteroatoms. The number of rotatable bonds is 5. The molecule has 0 atom stereocenters. The number of sulfone groups is 1. The lowest BCUT2D eigenvalue weighted by Gasteiger charge is -2.08. The predicted octanol–water partition coefficient (Wildman–Crippen LogP) is 2.58.